The molecule has 0 aromatic carbocycles. The fourth-order valence-corrected chi connectivity index (χ4v) is 2.72. The van der Waals surface area contributed by atoms with E-state index in [9.17, 15) is 4.79 Å². The summed E-state index contributed by atoms with van der Waals surface area (Å²) >= 11 is 1.20. The Morgan fingerprint density at radius 2 is 2.32 bits per heavy atom. The number of nitrogens with one attached hydrogen (secondary N) is 1. The van der Waals surface area contributed by atoms with E-state index in [-0.39, 0.29) is 5.82 Å². The largest absolute Gasteiger partial charge is 0.462 e. The average molecular weight is 285 g/mol. The second-order valence-corrected chi connectivity index (χ2v) is 5.20. The topological polar surface area (TPSA) is 86.5 Å². The molecule has 1 aliphatic rings. The minimum absolute atomic E-state index is 0.234. The summed E-state index contributed by atoms with van der Waals surface area (Å²) in [6.07, 6.45) is 2.08. The maximum absolute atomic E-state index is 11.8. The lowest BCUT2D eigenvalue weighted by Gasteiger charge is -2.22. The van der Waals surface area contributed by atoms with Gasteiger partial charge in [-0.15, -0.1) is 0 Å². The number of nitrogen functional groups attached to an aromatic ring is 1. The number of rotatable bonds is 5. The number of anilines is 2. The van der Waals surface area contributed by atoms with Gasteiger partial charge in [-0.25, -0.2) is 4.79 Å². The molecule has 0 atom stereocenters. The zero-order chi connectivity index (χ0) is 13.7. The Morgan fingerprint density at radius 1 is 1.58 bits per heavy atom. The molecule has 106 valence electrons. The molecule has 0 spiro atoms. The molecule has 0 saturated carbocycles. The number of ether oxygens (including phenoxy) is 2. The highest BCUT2D eigenvalue weighted by atomic mass is 32.1. The van der Waals surface area contributed by atoms with Crippen molar-refractivity contribution < 1.29 is 14.3 Å². The number of esters is 1. The van der Waals surface area contributed by atoms with Crippen LogP contribution in [0.25, 0.3) is 0 Å². The molecule has 2 heterocycles. The lowest BCUT2D eigenvalue weighted by atomic mass is 10.0. The zero-order valence-electron chi connectivity index (χ0n) is 11.0. The summed E-state index contributed by atoms with van der Waals surface area (Å²) in [5, 5.41) is 3.96. The number of carbonyl (C=O) groups excluding carboxylic acids is 1. The molecule has 19 heavy (non-hydrogen) atoms. The first-order valence-corrected chi connectivity index (χ1v) is 7.23. The SMILES string of the molecule is CCOC(=O)c1c(N)nsc1NCC1CCOCC1. The molecule has 1 aliphatic heterocycles. The molecule has 7 heteroatoms. The van der Waals surface area contributed by atoms with E-state index in [1.807, 2.05) is 0 Å². The van der Waals surface area contributed by atoms with E-state index in [0.29, 0.717) is 23.1 Å². The van der Waals surface area contributed by atoms with Gasteiger partial charge in [0.25, 0.3) is 0 Å². The van der Waals surface area contributed by atoms with Crippen LogP contribution < -0.4 is 11.1 Å². The fourth-order valence-electron chi connectivity index (χ4n) is 2.01. The number of nitrogens with two attached hydrogens (primary N) is 1. The van der Waals surface area contributed by atoms with Crippen LogP contribution >= 0.6 is 11.5 Å². The average Bonchev–Trinajstić information content (AvgIpc) is 2.79. The van der Waals surface area contributed by atoms with Crippen LogP contribution in [-0.2, 0) is 9.47 Å². The van der Waals surface area contributed by atoms with Crippen molar-refractivity contribution in [2.24, 2.45) is 5.92 Å². The first kappa shape index (κ1) is 14.1. The van der Waals surface area contributed by atoms with Crippen molar-refractivity contribution in [1.82, 2.24) is 4.37 Å². The third kappa shape index (κ3) is 3.57. The first-order valence-electron chi connectivity index (χ1n) is 6.46. The van der Waals surface area contributed by atoms with E-state index in [4.69, 9.17) is 15.2 Å². The Labute approximate surface area is 116 Å². The number of hydrogen-bond acceptors (Lipinski definition) is 7. The molecule has 1 fully saturated rings. The van der Waals surface area contributed by atoms with Crippen LogP contribution in [0, 0.1) is 5.92 Å². The zero-order valence-corrected chi connectivity index (χ0v) is 11.8. The van der Waals surface area contributed by atoms with Crippen molar-refractivity contribution in [1.29, 1.82) is 0 Å². The molecule has 0 bridgehead atoms. The smallest absolute Gasteiger partial charge is 0.344 e. The molecule has 1 aromatic rings. The molecule has 1 saturated heterocycles. The van der Waals surface area contributed by atoms with Gasteiger partial charge in [0, 0.05) is 19.8 Å². The van der Waals surface area contributed by atoms with Crippen molar-refractivity contribution in [2.45, 2.75) is 19.8 Å². The Bertz CT molecular complexity index is 430. The third-order valence-electron chi connectivity index (χ3n) is 3.09. The lowest BCUT2D eigenvalue weighted by Crippen LogP contribution is -2.23. The fraction of sp³-hybridized carbons (Fsp3) is 0.667. The van der Waals surface area contributed by atoms with Crippen LogP contribution in [0.3, 0.4) is 0 Å². The van der Waals surface area contributed by atoms with E-state index in [1.54, 1.807) is 6.92 Å². The lowest BCUT2D eigenvalue weighted by molar-refractivity contribution is 0.0528. The van der Waals surface area contributed by atoms with Gasteiger partial charge in [0.2, 0.25) is 0 Å². The number of aromatic nitrogens is 1. The molecule has 0 unspecified atom stereocenters. The number of carbonyl (C=O) groups is 1. The van der Waals surface area contributed by atoms with Gasteiger partial charge >= 0.3 is 5.97 Å². The van der Waals surface area contributed by atoms with E-state index in [2.05, 4.69) is 9.69 Å². The van der Waals surface area contributed by atoms with Gasteiger partial charge in [-0.3, -0.25) is 0 Å². The van der Waals surface area contributed by atoms with Crippen molar-refractivity contribution in [3.05, 3.63) is 5.56 Å². The highest BCUT2D eigenvalue weighted by molar-refractivity contribution is 7.11. The minimum atomic E-state index is -0.414. The Hall–Kier alpha value is -1.34. The van der Waals surface area contributed by atoms with E-state index in [1.165, 1.54) is 11.5 Å². The first-order chi connectivity index (χ1) is 9.22. The van der Waals surface area contributed by atoms with Crippen LogP contribution in [0.15, 0.2) is 0 Å². The molecule has 0 aliphatic carbocycles. The highest BCUT2D eigenvalue weighted by Gasteiger charge is 2.21. The second kappa shape index (κ2) is 6.72. The summed E-state index contributed by atoms with van der Waals surface area (Å²) in [5.74, 6) is 0.383. The monoisotopic (exact) mass is 285 g/mol. The molecule has 0 radical (unpaired) electrons. The van der Waals surface area contributed by atoms with Gasteiger partial charge in [0.15, 0.2) is 5.82 Å². The summed E-state index contributed by atoms with van der Waals surface area (Å²) in [5.41, 5.74) is 6.08. The summed E-state index contributed by atoms with van der Waals surface area (Å²) in [4.78, 5) is 11.8. The number of hydrogen-bond donors (Lipinski definition) is 2. The van der Waals surface area contributed by atoms with Gasteiger partial charge in [-0.2, -0.15) is 4.37 Å². The summed E-state index contributed by atoms with van der Waals surface area (Å²) in [7, 11) is 0. The molecule has 0 amide bonds. The van der Waals surface area contributed by atoms with Crippen molar-refractivity contribution >= 4 is 28.3 Å². The van der Waals surface area contributed by atoms with Crippen LogP contribution in [0.1, 0.15) is 30.1 Å². The second-order valence-electron chi connectivity index (χ2n) is 4.43. The van der Waals surface area contributed by atoms with Gasteiger partial charge in [-0.1, -0.05) is 0 Å². The van der Waals surface area contributed by atoms with E-state index < -0.39 is 5.97 Å². The van der Waals surface area contributed by atoms with Crippen molar-refractivity contribution in [2.75, 3.05) is 37.4 Å². The third-order valence-corrected chi connectivity index (χ3v) is 3.91. The van der Waals surface area contributed by atoms with Crippen molar-refractivity contribution in [3.8, 4) is 0 Å². The predicted molar refractivity (Wildman–Crippen MR) is 74.5 cm³/mol. The predicted octanol–water partition coefficient (Wildman–Crippen LogP) is 1.74. The van der Waals surface area contributed by atoms with Gasteiger partial charge < -0.3 is 20.5 Å². The summed E-state index contributed by atoms with van der Waals surface area (Å²) < 4.78 is 14.3. The van der Waals surface area contributed by atoms with Gasteiger partial charge in [-0.05, 0) is 37.2 Å². The normalized spacial score (nSPS) is 16.3. The van der Waals surface area contributed by atoms with E-state index in [0.717, 1.165) is 32.6 Å². The standard InChI is InChI=1S/C12H19N3O3S/c1-2-18-12(16)9-10(13)15-19-11(9)14-7-8-3-5-17-6-4-8/h8,14H,2-7H2,1H3,(H2,13,15). The van der Waals surface area contributed by atoms with Gasteiger partial charge in [0.05, 0.1) is 6.61 Å². The Morgan fingerprint density at radius 3 is 3.00 bits per heavy atom. The molecule has 3 N–H and O–H groups in total. The van der Waals surface area contributed by atoms with E-state index >= 15 is 0 Å². The van der Waals surface area contributed by atoms with Crippen LogP contribution in [0.5, 0.6) is 0 Å². The highest BCUT2D eigenvalue weighted by Crippen LogP contribution is 2.28. The van der Waals surface area contributed by atoms with Gasteiger partial charge in [0.1, 0.15) is 10.6 Å². The Balaban J connectivity index is 1.97. The maximum atomic E-state index is 11.8. The summed E-state index contributed by atoms with van der Waals surface area (Å²) in [6, 6.07) is 0. The van der Waals surface area contributed by atoms with Crippen LogP contribution in [0.4, 0.5) is 10.8 Å². The van der Waals surface area contributed by atoms with Crippen molar-refractivity contribution in [3.63, 3.8) is 0 Å². The maximum Gasteiger partial charge on any atom is 0.344 e. The minimum Gasteiger partial charge on any atom is -0.462 e. The van der Waals surface area contributed by atoms with Crippen LogP contribution in [0.2, 0.25) is 0 Å². The summed E-state index contributed by atoms with van der Waals surface area (Å²) in [6.45, 7) is 4.51. The molecular weight excluding hydrogens is 266 g/mol. The number of nitrogens with zero attached hydrogens (tertiary/aromatic N) is 1. The molecule has 6 nitrogen and oxygen atoms in total. The quantitative estimate of drug-likeness (QED) is 0.801. The Kier molecular flexibility index (Phi) is 4.98. The molecule has 1 aromatic heterocycles. The van der Waals surface area contributed by atoms with Crippen LogP contribution in [-0.4, -0.2) is 36.7 Å². The molecule has 2 rings (SSSR count). The molecular formula is C12H19N3O3S.